The molecule has 0 bridgehead atoms. The Labute approximate surface area is 112 Å². The van der Waals surface area contributed by atoms with Gasteiger partial charge in [0.1, 0.15) is 0 Å². The van der Waals surface area contributed by atoms with E-state index in [0.29, 0.717) is 12.2 Å². The van der Waals surface area contributed by atoms with E-state index < -0.39 is 0 Å². The van der Waals surface area contributed by atoms with Gasteiger partial charge >= 0.3 is 5.97 Å². The van der Waals surface area contributed by atoms with Crippen LogP contribution < -0.4 is 0 Å². The van der Waals surface area contributed by atoms with Gasteiger partial charge in [-0.25, -0.2) is 4.79 Å². The number of hydrogen-bond donors (Lipinski definition) is 0. The lowest BCUT2D eigenvalue weighted by molar-refractivity contribution is -0.139. The van der Waals surface area contributed by atoms with Crippen LogP contribution in [-0.2, 0) is 9.53 Å². The Morgan fingerprint density at radius 2 is 1.61 bits per heavy atom. The smallest absolute Gasteiger partial charge is 0.335 e. The fourth-order valence-corrected chi connectivity index (χ4v) is 1.78. The van der Waals surface area contributed by atoms with Crippen molar-refractivity contribution >= 4 is 5.97 Å². The summed E-state index contributed by atoms with van der Waals surface area (Å²) in [7, 11) is 3.79. The molecule has 0 saturated heterocycles. The zero-order chi connectivity index (χ0) is 13.8. The van der Waals surface area contributed by atoms with E-state index >= 15 is 0 Å². The maximum absolute atomic E-state index is 11.5. The van der Waals surface area contributed by atoms with Crippen LogP contribution in [0.5, 0.6) is 0 Å². The molecule has 0 radical (unpaired) electrons. The van der Waals surface area contributed by atoms with E-state index in [4.69, 9.17) is 4.74 Å². The highest BCUT2D eigenvalue weighted by molar-refractivity contribution is 5.87. The molecule has 0 rings (SSSR count). The van der Waals surface area contributed by atoms with Crippen LogP contribution in [0.3, 0.4) is 0 Å². The van der Waals surface area contributed by atoms with Crippen LogP contribution in [-0.4, -0.2) is 31.6 Å². The Hall–Kier alpha value is -0.990. The minimum Gasteiger partial charge on any atom is -0.462 e. The van der Waals surface area contributed by atoms with Crippen molar-refractivity contribution in [2.45, 2.75) is 58.8 Å². The average molecular weight is 255 g/mol. The van der Waals surface area contributed by atoms with Gasteiger partial charge in [-0.3, -0.25) is 0 Å². The summed E-state index contributed by atoms with van der Waals surface area (Å²) < 4.78 is 5.20. The van der Waals surface area contributed by atoms with Crippen LogP contribution in [0, 0.1) is 0 Å². The van der Waals surface area contributed by atoms with Crippen LogP contribution in [0.4, 0.5) is 0 Å². The van der Waals surface area contributed by atoms with Gasteiger partial charge in [0.2, 0.25) is 0 Å². The molecule has 0 saturated carbocycles. The quantitative estimate of drug-likeness (QED) is 0.338. The van der Waals surface area contributed by atoms with E-state index in [0.717, 1.165) is 12.8 Å². The summed E-state index contributed by atoms with van der Waals surface area (Å²) in [6.45, 7) is 4.56. The number of esters is 1. The van der Waals surface area contributed by atoms with Gasteiger partial charge in [-0.2, -0.15) is 0 Å². The topological polar surface area (TPSA) is 29.5 Å². The molecule has 3 heteroatoms. The Kier molecular flexibility index (Phi) is 10.5. The van der Waals surface area contributed by atoms with E-state index in [9.17, 15) is 4.79 Å². The van der Waals surface area contributed by atoms with Crippen molar-refractivity contribution < 1.29 is 9.53 Å². The Morgan fingerprint density at radius 1 is 1.06 bits per heavy atom. The second kappa shape index (κ2) is 11.1. The maximum Gasteiger partial charge on any atom is 0.335 e. The maximum atomic E-state index is 11.5. The molecular formula is C15H29NO2. The molecule has 0 aliphatic heterocycles. The largest absolute Gasteiger partial charge is 0.462 e. The van der Waals surface area contributed by atoms with E-state index in [1.54, 1.807) is 13.1 Å². The lowest BCUT2D eigenvalue weighted by Gasteiger charge is -2.08. The number of nitrogens with zero attached hydrogens (tertiary/aromatic N) is 1. The van der Waals surface area contributed by atoms with Crippen LogP contribution in [0.2, 0.25) is 0 Å². The Bertz CT molecular complexity index is 247. The van der Waals surface area contributed by atoms with Crippen LogP contribution >= 0.6 is 0 Å². The van der Waals surface area contributed by atoms with E-state index in [-0.39, 0.29) is 5.97 Å². The van der Waals surface area contributed by atoms with Gasteiger partial charge in [0.15, 0.2) is 0 Å². The third kappa shape index (κ3) is 10.2. The molecule has 0 amide bonds. The van der Waals surface area contributed by atoms with Crippen molar-refractivity contribution in [1.29, 1.82) is 0 Å². The summed E-state index contributed by atoms with van der Waals surface area (Å²) in [5, 5.41) is 0. The fraction of sp³-hybridized carbons (Fsp3) is 0.800. The first-order valence-corrected chi connectivity index (χ1v) is 7.10. The third-order valence-corrected chi connectivity index (χ3v) is 2.75. The monoisotopic (exact) mass is 255 g/mol. The Balaban J connectivity index is 3.46. The minimum absolute atomic E-state index is 0.199. The van der Waals surface area contributed by atoms with Gasteiger partial charge in [-0.1, -0.05) is 45.4 Å². The van der Waals surface area contributed by atoms with Gasteiger partial charge in [0.05, 0.1) is 6.61 Å². The molecule has 3 nitrogen and oxygen atoms in total. The number of unbranched alkanes of at least 4 members (excludes halogenated alkanes) is 6. The molecule has 0 heterocycles. The summed E-state index contributed by atoms with van der Waals surface area (Å²) in [6.07, 6.45) is 10.4. The standard InChI is InChI=1S/C15H29NO2/c1-5-6-7-8-9-10-11-12-18-15(17)14(2)13-16(3)4/h13H,5-12H2,1-4H3/b14-13+. The summed E-state index contributed by atoms with van der Waals surface area (Å²) in [5.74, 6) is -0.199. The lowest BCUT2D eigenvalue weighted by atomic mass is 10.1. The molecule has 0 aromatic carbocycles. The molecule has 0 N–H and O–H groups in total. The van der Waals surface area contributed by atoms with Crippen molar-refractivity contribution in [3.05, 3.63) is 11.8 Å². The van der Waals surface area contributed by atoms with Crippen molar-refractivity contribution in [1.82, 2.24) is 4.90 Å². The highest BCUT2D eigenvalue weighted by Crippen LogP contribution is 2.07. The normalized spacial score (nSPS) is 11.4. The van der Waals surface area contributed by atoms with E-state index in [1.165, 1.54) is 32.1 Å². The van der Waals surface area contributed by atoms with Crippen LogP contribution in [0.15, 0.2) is 11.8 Å². The summed E-state index contributed by atoms with van der Waals surface area (Å²) >= 11 is 0. The van der Waals surface area contributed by atoms with E-state index in [1.807, 2.05) is 19.0 Å². The first-order chi connectivity index (χ1) is 8.57. The predicted molar refractivity (Wildman–Crippen MR) is 76.4 cm³/mol. The first-order valence-electron chi connectivity index (χ1n) is 7.10. The molecule has 0 aliphatic carbocycles. The second-order valence-corrected chi connectivity index (χ2v) is 5.03. The number of carbonyl (C=O) groups excluding carboxylic acids is 1. The molecular weight excluding hydrogens is 226 g/mol. The molecule has 18 heavy (non-hydrogen) atoms. The zero-order valence-corrected chi connectivity index (χ0v) is 12.5. The summed E-state index contributed by atoms with van der Waals surface area (Å²) in [4.78, 5) is 13.4. The molecule has 0 fully saturated rings. The zero-order valence-electron chi connectivity index (χ0n) is 12.5. The van der Waals surface area contributed by atoms with Gasteiger partial charge in [-0.05, 0) is 13.3 Å². The van der Waals surface area contributed by atoms with Gasteiger partial charge in [-0.15, -0.1) is 0 Å². The van der Waals surface area contributed by atoms with Crippen molar-refractivity contribution in [2.24, 2.45) is 0 Å². The number of ether oxygens (including phenoxy) is 1. The lowest BCUT2D eigenvalue weighted by Crippen LogP contribution is -2.11. The van der Waals surface area contributed by atoms with Gasteiger partial charge in [0, 0.05) is 25.9 Å². The highest BCUT2D eigenvalue weighted by atomic mass is 16.5. The van der Waals surface area contributed by atoms with Crippen LogP contribution in [0.25, 0.3) is 0 Å². The predicted octanol–water partition coefficient (Wildman–Crippen LogP) is 3.75. The second-order valence-electron chi connectivity index (χ2n) is 5.03. The first kappa shape index (κ1) is 17.0. The summed E-state index contributed by atoms with van der Waals surface area (Å²) in [5.41, 5.74) is 0.656. The molecule has 0 spiro atoms. The average Bonchev–Trinajstić information content (AvgIpc) is 2.31. The highest BCUT2D eigenvalue weighted by Gasteiger charge is 2.05. The van der Waals surface area contributed by atoms with Crippen molar-refractivity contribution in [2.75, 3.05) is 20.7 Å². The summed E-state index contributed by atoms with van der Waals surface area (Å²) in [6, 6.07) is 0. The minimum atomic E-state index is -0.199. The molecule has 106 valence electrons. The van der Waals surface area contributed by atoms with Crippen molar-refractivity contribution in [3.8, 4) is 0 Å². The molecule has 0 aromatic rings. The molecule has 0 unspecified atom stereocenters. The van der Waals surface area contributed by atoms with Crippen LogP contribution in [0.1, 0.15) is 58.8 Å². The number of carbonyl (C=O) groups is 1. The van der Waals surface area contributed by atoms with E-state index in [2.05, 4.69) is 6.92 Å². The van der Waals surface area contributed by atoms with Gasteiger partial charge in [0.25, 0.3) is 0 Å². The number of hydrogen-bond acceptors (Lipinski definition) is 3. The SMILES string of the molecule is CCCCCCCCCOC(=O)/C(C)=C/N(C)C. The molecule has 0 aliphatic rings. The molecule has 0 aromatic heterocycles. The third-order valence-electron chi connectivity index (χ3n) is 2.75. The number of rotatable bonds is 10. The Morgan fingerprint density at radius 3 is 2.17 bits per heavy atom. The van der Waals surface area contributed by atoms with Crippen molar-refractivity contribution in [3.63, 3.8) is 0 Å². The fourth-order valence-electron chi connectivity index (χ4n) is 1.78. The molecule has 0 atom stereocenters. The van der Waals surface area contributed by atoms with Gasteiger partial charge < -0.3 is 9.64 Å².